The zero-order valence-corrected chi connectivity index (χ0v) is 16.8. The maximum atomic E-state index is 5.37. The number of aryl methyl sites for hydroxylation is 1. The molecule has 0 saturated carbocycles. The SMILES string of the molecule is CC.CC.COCC(C)(C)CC/C=C/c1cc(C)ccc1OC. The van der Waals surface area contributed by atoms with Gasteiger partial charge in [-0.15, -0.1) is 0 Å². The van der Waals surface area contributed by atoms with Crippen LogP contribution < -0.4 is 4.74 Å². The van der Waals surface area contributed by atoms with Crippen molar-refractivity contribution < 1.29 is 9.47 Å². The molecular formula is C21H38O2. The van der Waals surface area contributed by atoms with E-state index in [1.807, 2.05) is 33.8 Å². The van der Waals surface area contributed by atoms with Crippen LogP contribution in [0.15, 0.2) is 24.3 Å². The van der Waals surface area contributed by atoms with Crippen molar-refractivity contribution in [2.75, 3.05) is 20.8 Å². The van der Waals surface area contributed by atoms with Crippen molar-refractivity contribution in [2.45, 2.75) is 61.3 Å². The molecule has 0 N–H and O–H groups in total. The topological polar surface area (TPSA) is 18.5 Å². The van der Waals surface area contributed by atoms with Gasteiger partial charge in [0.25, 0.3) is 0 Å². The number of ether oxygens (including phenoxy) is 2. The second-order valence-corrected chi connectivity index (χ2v) is 5.78. The van der Waals surface area contributed by atoms with Crippen LogP contribution in [0.4, 0.5) is 0 Å². The molecule has 2 heteroatoms. The minimum atomic E-state index is 0.232. The lowest BCUT2D eigenvalue weighted by Crippen LogP contribution is -2.17. The quantitative estimate of drug-likeness (QED) is 0.568. The summed E-state index contributed by atoms with van der Waals surface area (Å²) in [7, 11) is 3.47. The van der Waals surface area contributed by atoms with Crippen LogP contribution in [0.3, 0.4) is 0 Å². The molecule has 0 amide bonds. The van der Waals surface area contributed by atoms with Crippen LogP contribution in [0.1, 0.15) is 65.5 Å². The van der Waals surface area contributed by atoms with Gasteiger partial charge in [0.15, 0.2) is 0 Å². The van der Waals surface area contributed by atoms with Crippen LogP contribution >= 0.6 is 0 Å². The summed E-state index contributed by atoms with van der Waals surface area (Å²) in [6.07, 6.45) is 6.53. The molecule has 0 radical (unpaired) electrons. The summed E-state index contributed by atoms with van der Waals surface area (Å²) in [6.45, 7) is 15.4. The van der Waals surface area contributed by atoms with Crippen LogP contribution in [-0.4, -0.2) is 20.8 Å². The number of rotatable bonds is 7. The Bertz CT molecular complexity index is 420. The molecule has 0 aromatic heterocycles. The highest BCUT2D eigenvalue weighted by atomic mass is 16.5. The van der Waals surface area contributed by atoms with E-state index in [1.54, 1.807) is 14.2 Å². The molecule has 0 heterocycles. The van der Waals surface area contributed by atoms with Crippen LogP contribution in [0.5, 0.6) is 5.75 Å². The Morgan fingerprint density at radius 2 is 1.65 bits per heavy atom. The van der Waals surface area contributed by atoms with Gasteiger partial charge in [0.2, 0.25) is 0 Å². The smallest absolute Gasteiger partial charge is 0.126 e. The normalized spacial score (nSPS) is 10.5. The third-order valence-electron chi connectivity index (χ3n) is 3.21. The molecule has 0 atom stereocenters. The molecule has 0 fully saturated rings. The number of hydrogen-bond donors (Lipinski definition) is 0. The fraction of sp³-hybridized carbons (Fsp3) is 0.619. The van der Waals surface area contributed by atoms with Crippen LogP contribution in [0.25, 0.3) is 6.08 Å². The molecule has 0 aliphatic rings. The lowest BCUT2D eigenvalue weighted by atomic mass is 9.89. The molecule has 1 rings (SSSR count). The summed E-state index contributed by atoms with van der Waals surface area (Å²) >= 11 is 0. The summed E-state index contributed by atoms with van der Waals surface area (Å²) < 4.78 is 10.6. The molecule has 0 spiro atoms. The summed E-state index contributed by atoms with van der Waals surface area (Å²) in [4.78, 5) is 0. The van der Waals surface area contributed by atoms with E-state index < -0.39 is 0 Å². The van der Waals surface area contributed by atoms with Gasteiger partial charge in [0, 0.05) is 12.7 Å². The zero-order valence-electron chi connectivity index (χ0n) is 16.8. The number of methoxy groups -OCH3 is 2. The van der Waals surface area contributed by atoms with Gasteiger partial charge >= 0.3 is 0 Å². The van der Waals surface area contributed by atoms with E-state index in [4.69, 9.17) is 9.47 Å². The summed E-state index contributed by atoms with van der Waals surface area (Å²) in [5.74, 6) is 0.929. The highest BCUT2D eigenvalue weighted by Gasteiger charge is 2.15. The molecule has 1 aromatic carbocycles. The Balaban J connectivity index is 0. The van der Waals surface area contributed by atoms with Gasteiger partial charge in [-0.2, -0.15) is 0 Å². The molecule has 0 aliphatic heterocycles. The minimum absolute atomic E-state index is 0.232. The molecule has 0 bridgehead atoms. The van der Waals surface area contributed by atoms with Crippen molar-refractivity contribution in [1.82, 2.24) is 0 Å². The molecule has 0 saturated heterocycles. The van der Waals surface area contributed by atoms with Crippen LogP contribution in [0.2, 0.25) is 0 Å². The molecule has 0 unspecified atom stereocenters. The van der Waals surface area contributed by atoms with E-state index in [1.165, 1.54) is 5.56 Å². The van der Waals surface area contributed by atoms with E-state index in [2.05, 4.69) is 45.1 Å². The maximum Gasteiger partial charge on any atom is 0.126 e. The standard InChI is InChI=1S/C17H26O2.2C2H6/c1-14-9-10-16(19-5)15(12-14)8-6-7-11-17(2,3)13-18-4;2*1-2/h6,8-10,12H,7,11,13H2,1-5H3;2*1-2H3/b8-6+;;. The third-order valence-corrected chi connectivity index (χ3v) is 3.21. The number of benzene rings is 1. The van der Waals surface area contributed by atoms with Gasteiger partial charge in [0.1, 0.15) is 5.75 Å². The molecule has 0 aliphatic carbocycles. The maximum absolute atomic E-state index is 5.37. The van der Waals surface area contributed by atoms with Crippen LogP contribution in [-0.2, 0) is 4.74 Å². The van der Waals surface area contributed by atoms with Crippen molar-refractivity contribution in [3.8, 4) is 5.75 Å². The third kappa shape index (κ3) is 11.0. The van der Waals surface area contributed by atoms with E-state index in [0.717, 1.165) is 30.8 Å². The van der Waals surface area contributed by atoms with Gasteiger partial charge < -0.3 is 9.47 Å². The van der Waals surface area contributed by atoms with E-state index in [-0.39, 0.29) is 5.41 Å². The van der Waals surface area contributed by atoms with E-state index >= 15 is 0 Å². The van der Waals surface area contributed by atoms with Crippen molar-refractivity contribution >= 4 is 6.08 Å². The Hall–Kier alpha value is -1.28. The van der Waals surface area contributed by atoms with Crippen molar-refractivity contribution in [1.29, 1.82) is 0 Å². The molecular weight excluding hydrogens is 284 g/mol. The van der Waals surface area contributed by atoms with Crippen molar-refractivity contribution in [2.24, 2.45) is 5.41 Å². The van der Waals surface area contributed by atoms with Crippen molar-refractivity contribution in [3.05, 3.63) is 35.4 Å². The number of hydrogen-bond acceptors (Lipinski definition) is 2. The van der Waals surface area contributed by atoms with E-state index in [9.17, 15) is 0 Å². The molecule has 23 heavy (non-hydrogen) atoms. The minimum Gasteiger partial charge on any atom is -0.496 e. The van der Waals surface area contributed by atoms with Gasteiger partial charge in [-0.1, -0.05) is 65.3 Å². The van der Waals surface area contributed by atoms with Gasteiger partial charge in [0.05, 0.1) is 13.7 Å². The fourth-order valence-electron chi connectivity index (χ4n) is 2.13. The second kappa shape index (κ2) is 14.3. The Labute approximate surface area is 144 Å². The molecule has 1 aromatic rings. The second-order valence-electron chi connectivity index (χ2n) is 5.78. The van der Waals surface area contributed by atoms with Crippen molar-refractivity contribution in [3.63, 3.8) is 0 Å². The summed E-state index contributed by atoms with van der Waals surface area (Å²) in [6, 6.07) is 6.23. The lowest BCUT2D eigenvalue weighted by Gasteiger charge is -2.22. The first kappa shape index (κ1) is 24.0. The Morgan fingerprint density at radius 3 is 2.17 bits per heavy atom. The summed E-state index contributed by atoms with van der Waals surface area (Å²) in [5.41, 5.74) is 2.63. The average Bonchev–Trinajstić information content (AvgIpc) is 2.55. The first-order valence-corrected chi connectivity index (χ1v) is 8.78. The average molecular weight is 323 g/mol. The Kier molecular flexibility index (Phi) is 14.9. The monoisotopic (exact) mass is 322 g/mol. The largest absolute Gasteiger partial charge is 0.496 e. The molecule has 2 nitrogen and oxygen atoms in total. The predicted octanol–water partition coefficient (Wildman–Crippen LogP) is 6.52. The highest BCUT2D eigenvalue weighted by Crippen LogP contribution is 2.24. The number of allylic oxidation sites excluding steroid dienone is 1. The highest BCUT2D eigenvalue weighted by molar-refractivity contribution is 5.58. The zero-order chi connectivity index (χ0) is 18.3. The van der Waals surface area contributed by atoms with Gasteiger partial charge in [-0.25, -0.2) is 0 Å². The van der Waals surface area contributed by atoms with E-state index in [0.29, 0.717) is 0 Å². The lowest BCUT2D eigenvalue weighted by molar-refractivity contribution is 0.0990. The first-order valence-electron chi connectivity index (χ1n) is 8.78. The molecule has 134 valence electrons. The fourth-order valence-corrected chi connectivity index (χ4v) is 2.13. The first-order chi connectivity index (χ1) is 11.0. The van der Waals surface area contributed by atoms with Crippen LogP contribution in [0, 0.1) is 12.3 Å². The Morgan fingerprint density at radius 1 is 1.04 bits per heavy atom. The van der Waals surface area contributed by atoms with Gasteiger partial charge in [-0.05, 0) is 37.3 Å². The predicted molar refractivity (Wildman–Crippen MR) is 104 cm³/mol. The van der Waals surface area contributed by atoms with Gasteiger partial charge in [-0.3, -0.25) is 0 Å². The summed E-state index contributed by atoms with van der Waals surface area (Å²) in [5, 5.41) is 0.